The van der Waals surface area contributed by atoms with Gasteiger partial charge in [-0.05, 0) is 24.6 Å². The molecule has 8 nitrogen and oxygen atoms in total. The fraction of sp³-hybridized carbons (Fsp3) is 0.476. The van der Waals surface area contributed by atoms with Crippen molar-refractivity contribution < 1.29 is 19.4 Å². The number of anilines is 1. The minimum absolute atomic E-state index is 0.0820. The lowest BCUT2D eigenvalue weighted by Gasteiger charge is -2.34. The third-order valence-electron chi connectivity index (χ3n) is 5.69. The van der Waals surface area contributed by atoms with Crippen LogP contribution in [0.1, 0.15) is 40.5 Å². The van der Waals surface area contributed by atoms with E-state index in [2.05, 4.69) is 9.88 Å². The Morgan fingerprint density at radius 2 is 2.03 bits per heavy atom. The molecule has 2 aliphatic heterocycles. The topological polar surface area (TPSA) is 88.0 Å². The number of hydrogen-bond acceptors (Lipinski definition) is 7. The number of pyridine rings is 2. The summed E-state index contributed by atoms with van der Waals surface area (Å²) < 4.78 is 11.1. The number of hydrogen-bond donors (Lipinski definition) is 1. The molecule has 0 aromatic carbocycles. The molecule has 4 heterocycles. The number of ether oxygens (including phenoxy) is 2. The number of piperidine rings is 1. The van der Waals surface area contributed by atoms with Crippen LogP contribution < -0.4 is 14.4 Å². The molecule has 1 atom stereocenters. The first-order valence-corrected chi connectivity index (χ1v) is 9.83. The smallest absolute Gasteiger partial charge is 0.256 e. The molecule has 2 aromatic rings. The monoisotopic (exact) mass is 398 g/mol. The van der Waals surface area contributed by atoms with Crippen LogP contribution in [0.2, 0.25) is 0 Å². The van der Waals surface area contributed by atoms with Crippen molar-refractivity contribution >= 4 is 11.7 Å². The molecule has 29 heavy (non-hydrogen) atoms. The highest BCUT2D eigenvalue weighted by Crippen LogP contribution is 2.34. The summed E-state index contributed by atoms with van der Waals surface area (Å²) in [5.41, 5.74) is 2.24. The number of aromatic nitrogens is 2. The summed E-state index contributed by atoms with van der Waals surface area (Å²) >= 11 is 0. The number of amides is 1. The molecular formula is C21H26N4O4. The molecule has 0 unspecified atom stereocenters. The Morgan fingerprint density at radius 1 is 1.28 bits per heavy atom. The molecule has 1 saturated heterocycles. The van der Waals surface area contributed by atoms with Crippen molar-refractivity contribution in [1.82, 2.24) is 14.9 Å². The van der Waals surface area contributed by atoms with E-state index in [-0.39, 0.29) is 24.7 Å². The van der Waals surface area contributed by atoms with Crippen LogP contribution in [-0.4, -0.2) is 65.8 Å². The van der Waals surface area contributed by atoms with E-state index < -0.39 is 0 Å². The van der Waals surface area contributed by atoms with Gasteiger partial charge in [0, 0.05) is 39.0 Å². The van der Waals surface area contributed by atoms with Gasteiger partial charge in [0.05, 0.1) is 37.2 Å². The third-order valence-corrected chi connectivity index (χ3v) is 5.69. The van der Waals surface area contributed by atoms with Gasteiger partial charge >= 0.3 is 0 Å². The molecule has 154 valence electrons. The van der Waals surface area contributed by atoms with Gasteiger partial charge in [0.25, 0.3) is 5.91 Å². The molecule has 4 rings (SSSR count). The minimum atomic E-state index is -0.375. The zero-order valence-electron chi connectivity index (χ0n) is 17.0. The van der Waals surface area contributed by atoms with Crippen molar-refractivity contribution in [3.8, 4) is 11.6 Å². The second kappa shape index (κ2) is 7.87. The van der Waals surface area contributed by atoms with Gasteiger partial charge in [0.1, 0.15) is 17.7 Å². The summed E-state index contributed by atoms with van der Waals surface area (Å²) in [4.78, 5) is 25.2. The molecule has 2 aliphatic rings. The predicted molar refractivity (Wildman–Crippen MR) is 108 cm³/mol. The second-order valence-corrected chi connectivity index (χ2v) is 7.52. The summed E-state index contributed by atoms with van der Waals surface area (Å²) in [5, 5.41) is 9.70. The van der Waals surface area contributed by atoms with Crippen LogP contribution in [-0.2, 0) is 0 Å². The van der Waals surface area contributed by atoms with E-state index in [1.54, 1.807) is 31.3 Å². The van der Waals surface area contributed by atoms with Gasteiger partial charge in [0.2, 0.25) is 5.88 Å². The number of aliphatic hydroxyl groups is 1. The van der Waals surface area contributed by atoms with Crippen molar-refractivity contribution in [2.45, 2.75) is 31.9 Å². The Balaban J connectivity index is 1.45. The molecule has 0 saturated carbocycles. The molecule has 0 aliphatic carbocycles. The molecule has 0 spiro atoms. The van der Waals surface area contributed by atoms with Gasteiger partial charge in [-0.25, -0.2) is 9.97 Å². The van der Waals surface area contributed by atoms with Crippen LogP contribution in [0.5, 0.6) is 11.6 Å². The fourth-order valence-corrected chi connectivity index (χ4v) is 4.02. The molecule has 2 aromatic heterocycles. The second-order valence-electron chi connectivity index (χ2n) is 7.52. The van der Waals surface area contributed by atoms with Gasteiger partial charge in [-0.2, -0.15) is 0 Å². The van der Waals surface area contributed by atoms with Gasteiger partial charge in [-0.3, -0.25) is 4.79 Å². The maximum Gasteiger partial charge on any atom is 0.256 e. The third kappa shape index (κ3) is 3.60. The minimum Gasteiger partial charge on any atom is -0.489 e. The van der Waals surface area contributed by atoms with E-state index in [1.165, 1.54) is 0 Å². The maximum absolute atomic E-state index is 12.4. The quantitative estimate of drug-likeness (QED) is 0.824. The molecule has 0 bridgehead atoms. The van der Waals surface area contributed by atoms with E-state index in [0.717, 1.165) is 43.1 Å². The Labute approximate surface area is 170 Å². The average molecular weight is 398 g/mol. The standard InChI is InChI=1S/C21H26N4O4/c1-13-10-16-19(17(12-26)24(2)21(16)27)23-20(13)25-8-6-14(7-9-25)29-15-4-5-18(28-3)22-11-15/h4-5,10-11,14,17,26H,6-9,12H2,1-3H3/t17-/m1/s1. The van der Waals surface area contributed by atoms with Crippen LogP contribution in [0.3, 0.4) is 0 Å². The Bertz CT molecular complexity index is 894. The Kier molecular flexibility index (Phi) is 5.27. The number of fused-ring (bicyclic) bond motifs is 1. The molecule has 1 fully saturated rings. The SMILES string of the molecule is COc1ccc(OC2CCN(c3nc4c(cc3C)C(=O)N(C)[C@@H]4CO)CC2)cn1. The number of aliphatic hydroxyl groups excluding tert-OH is 1. The molecule has 1 N–H and O–H groups in total. The van der Waals surface area contributed by atoms with E-state index in [0.29, 0.717) is 17.1 Å². The van der Waals surface area contributed by atoms with Gasteiger partial charge in [0.15, 0.2) is 0 Å². The summed E-state index contributed by atoms with van der Waals surface area (Å²) in [6.45, 7) is 3.48. The number of aryl methyl sites for hydroxylation is 1. The van der Waals surface area contributed by atoms with Crippen LogP contribution in [0.25, 0.3) is 0 Å². The van der Waals surface area contributed by atoms with Crippen LogP contribution in [0.15, 0.2) is 24.4 Å². The number of carbonyl (C=O) groups is 1. The number of nitrogens with zero attached hydrogens (tertiary/aromatic N) is 4. The summed E-state index contributed by atoms with van der Waals surface area (Å²) in [6.07, 6.45) is 3.54. The van der Waals surface area contributed by atoms with E-state index in [4.69, 9.17) is 14.5 Å². The number of rotatable bonds is 5. The maximum atomic E-state index is 12.4. The van der Waals surface area contributed by atoms with Crippen molar-refractivity contribution in [2.24, 2.45) is 0 Å². The predicted octanol–water partition coefficient (Wildman–Crippen LogP) is 1.96. The van der Waals surface area contributed by atoms with Crippen molar-refractivity contribution in [2.75, 3.05) is 38.8 Å². The highest BCUT2D eigenvalue weighted by atomic mass is 16.5. The normalized spacial score (nSPS) is 19.4. The first kappa shape index (κ1) is 19.4. The first-order valence-electron chi connectivity index (χ1n) is 9.83. The number of methoxy groups -OCH3 is 1. The van der Waals surface area contributed by atoms with Gasteiger partial charge < -0.3 is 24.4 Å². The largest absolute Gasteiger partial charge is 0.489 e. The van der Waals surface area contributed by atoms with Gasteiger partial charge in [-0.1, -0.05) is 0 Å². The first-order chi connectivity index (χ1) is 14.0. The molecular weight excluding hydrogens is 372 g/mol. The lowest BCUT2D eigenvalue weighted by molar-refractivity contribution is 0.0715. The molecule has 1 amide bonds. The Hall–Kier alpha value is -2.87. The van der Waals surface area contributed by atoms with Crippen molar-refractivity contribution in [3.05, 3.63) is 41.2 Å². The van der Waals surface area contributed by atoms with Crippen molar-refractivity contribution in [3.63, 3.8) is 0 Å². The Morgan fingerprint density at radius 3 is 2.66 bits per heavy atom. The number of likely N-dealkylation sites (N-methyl/N-ethyl adjacent to an activating group) is 1. The van der Waals surface area contributed by atoms with E-state index in [1.807, 2.05) is 19.1 Å². The highest BCUT2D eigenvalue weighted by Gasteiger charge is 2.36. The summed E-state index contributed by atoms with van der Waals surface area (Å²) in [5.74, 6) is 2.11. The zero-order chi connectivity index (χ0) is 20.5. The van der Waals surface area contributed by atoms with Crippen LogP contribution in [0.4, 0.5) is 5.82 Å². The van der Waals surface area contributed by atoms with E-state index in [9.17, 15) is 9.90 Å². The van der Waals surface area contributed by atoms with Gasteiger partial charge in [-0.15, -0.1) is 0 Å². The van der Waals surface area contributed by atoms with Crippen LogP contribution >= 0.6 is 0 Å². The van der Waals surface area contributed by atoms with Crippen LogP contribution in [0, 0.1) is 6.92 Å². The average Bonchev–Trinajstić information content (AvgIpc) is 2.98. The summed E-state index contributed by atoms with van der Waals surface area (Å²) in [6, 6.07) is 5.18. The summed E-state index contributed by atoms with van der Waals surface area (Å²) in [7, 11) is 3.29. The molecule has 8 heteroatoms. The van der Waals surface area contributed by atoms with E-state index >= 15 is 0 Å². The lowest BCUT2D eigenvalue weighted by atomic mass is 10.1. The highest BCUT2D eigenvalue weighted by molar-refractivity contribution is 5.99. The number of carbonyl (C=O) groups excluding carboxylic acids is 1. The molecule has 0 radical (unpaired) electrons. The van der Waals surface area contributed by atoms with Crippen molar-refractivity contribution in [1.29, 1.82) is 0 Å². The fourth-order valence-electron chi connectivity index (χ4n) is 4.02. The lowest BCUT2D eigenvalue weighted by Crippen LogP contribution is -2.39. The zero-order valence-corrected chi connectivity index (χ0v) is 17.0.